The molecule has 0 saturated carbocycles. The molecule has 0 aliphatic heterocycles. The van der Waals surface area contributed by atoms with Crippen LogP contribution in [0.25, 0.3) is 22.2 Å². The van der Waals surface area contributed by atoms with Crippen LogP contribution in [0.1, 0.15) is 57.1 Å². The van der Waals surface area contributed by atoms with Crippen LogP contribution in [-0.2, 0) is 6.42 Å². The average Bonchev–Trinajstić information content (AvgIpc) is 3.02. The van der Waals surface area contributed by atoms with Gasteiger partial charge in [0.05, 0.1) is 0 Å². The Balaban J connectivity index is 1.64. The summed E-state index contributed by atoms with van der Waals surface area (Å²) < 4.78 is 0. The lowest BCUT2D eigenvalue weighted by molar-refractivity contribution is 0.461. The van der Waals surface area contributed by atoms with Gasteiger partial charge in [-0.1, -0.05) is 69.4 Å². The zero-order valence-electron chi connectivity index (χ0n) is 15.9. The van der Waals surface area contributed by atoms with Crippen molar-refractivity contribution in [2.75, 3.05) is 0 Å². The van der Waals surface area contributed by atoms with E-state index in [9.17, 15) is 0 Å². The van der Waals surface area contributed by atoms with E-state index >= 15 is 0 Å². The number of aryl methyl sites for hydroxylation is 2. The Morgan fingerprint density at radius 2 is 1.84 bits per heavy atom. The quantitative estimate of drug-likeness (QED) is 0.416. The Kier molecular flexibility index (Phi) is 5.96. The highest BCUT2D eigenvalue weighted by atomic mass is 14.7. The minimum atomic E-state index is 0.881. The molecule has 1 unspecified atom stereocenters. The maximum Gasteiger partial charge on any atom is 0.0464 e. The van der Waals surface area contributed by atoms with Crippen LogP contribution in [0.4, 0.5) is 0 Å². The van der Waals surface area contributed by atoms with Gasteiger partial charge >= 0.3 is 0 Å². The van der Waals surface area contributed by atoms with Crippen LogP contribution in [0.5, 0.6) is 0 Å². The molecule has 1 nitrogen and oxygen atoms in total. The zero-order valence-corrected chi connectivity index (χ0v) is 15.9. The van der Waals surface area contributed by atoms with Crippen molar-refractivity contribution in [3.05, 3.63) is 59.7 Å². The second kappa shape index (κ2) is 8.38. The summed E-state index contributed by atoms with van der Waals surface area (Å²) in [5, 5.41) is 1.30. The molecule has 0 aliphatic rings. The third-order valence-electron chi connectivity index (χ3n) is 5.21. The number of unbranched alkanes of at least 4 members (excludes halogenated alkanes) is 1. The van der Waals surface area contributed by atoms with Crippen molar-refractivity contribution < 1.29 is 0 Å². The molecule has 1 N–H and O–H groups in total. The molecule has 1 heterocycles. The van der Waals surface area contributed by atoms with E-state index in [1.54, 1.807) is 0 Å². The minimum Gasteiger partial charge on any atom is -0.355 e. The van der Waals surface area contributed by atoms with Gasteiger partial charge in [0.1, 0.15) is 0 Å². The van der Waals surface area contributed by atoms with Crippen molar-refractivity contribution in [2.24, 2.45) is 5.92 Å². The Morgan fingerprint density at radius 1 is 0.960 bits per heavy atom. The van der Waals surface area contributed by atoms with Gasteiger partial charge in [0.15, 0.2) is 0 Å². The highest BCUT2D eigenvalue weighted by Crippen LogP contribution is 2.26. The number of rotatable bonds is 8. The lowest BCUT2D eigenvalue weighted by atomic mass is 9.97. The predicted molar refractivity (Wildman–Crippen MR) is 110 cm³/mol. The van der Waals surface area contributed by atoms with Gasteiger partial charge in [0.2, 0.25) is 0 Å². The smallest absolute Gasteiger partial charge is 0.0464 e. The van der Waals surface area contributed by atoms with Crippen LogP contribution in [0, 0.1) is 12.8 Å². The Bertz CT molecular complexity index is 812. The molecule has 0 spiro atoms. The van der Waals surface area contributed by atoms with Gasteiger partial charge in [-0.2, -0.15) is 0 Å². The number of aromatic amines is 1. The monoisotopic (exact) mass is 333 g/mol. The number of hydrogen-bond donors (Lipinski definition) is 1. The molecule has 132 valence electrons. The highest BCUT2D eigenvalue weighted by molar-refractivity contribution is 5.86. The first-order chi connectivity index (χ1) is 12.2. The third kappa shape index (κ3) is 4.75. The van der Waals surface area contributed by atoms with Crippen LogP contribution in [0.15, 0.2) is 48.5 Å². The molecule has 3 rings (SSSR count). The SMILES string of the molecule is CCCC(C)CCCCc1cccc(-c2cc3cc(C)ccc3[nH]2)c1. The fourth-order valence-corrected chi connectivity index (χ4v) is 3.76. The molecule has 2 aromatic carbocycles. The summed E-state index contributed by atoms with van der Waals surface area (Å²) in [6, 6.07) is 17.9. The van der Waals surface area contributed by atoms with Gasteiger partial charge in [0, 0.05) is 16.6 Å². The molecule has 1 aromatic heterocycles. The summed E-state index contributed by atoms with van der Waals surface area (Å²) in [6.45, 7) is 6.82. The molecule has 0 amide bonds. The van der Waals surface area contributed by atoms with Gasteiger partial charge in [0.25, 0.3) is 0 Å². The number of fused-ring (bicyclic) bond motifs is 1. The Morgan fingerprint density at radius 3 is 2.68 bits per heavy atom. The van der Waals surface area contributed by atoms with Crippen LogP contribution in [-0.4, -0.2) is 4.98 Å². The van der Waals surface area contributed by atoms with E-state index < -0.39 is 0 Å². The van der Waals surface area contributed by atoms with Gasteiger partial charge in [-0.3, -0.25) is 0 Å². The molecular weight excluding hydrogens is 302 g/mol. The van der Waals surface area contributed by atoms with Gasteiger partial charge < -0.3 is 4.98 Å². The molecule has 25 heavy (non-hydrogen) atoms. The molecule has 0 bridgehead atoms. The standard InChI is InChI=1S/C24H31N/c1-4-8-18(2)9-5-6-10-20-11-7-12-21(16-20)24-17-22-15-19(3)13-14-23(22)25-24/h7,11-18,25H,4-6,8-10H2,1-3H3. The van der Waals surface area contributed by atoms with E-state index in [0.717, 1.165) is 5.92 Å². The molecule has 1 atom stereocenters. The van der Waals surface area contributed by atoms with E-state index in [1.165, 1.54) is 71.8 Å². The maximum absolute atomic E-state index is 3.56. The summed E-state index contributed by atoms with van der Waals surface area (Å²) in [7, 11) is 0. The highest BCUT2D eigenvalue weighted by Gasteiger charge is 2.05. The first-order valence-corrected chi connectivity index (χ1v) is 9.84. The van der Waals surface area contributed by atoms with Crippen LogP contribution < -0.4 is 0 Å². The molecular formula is C24H31N. The van der Waals surface area contributed by atoms with Crippen molar-refractivity contribution in [3.63, 3.8) is 0 Å². The van der Waals surface area contributed by atoms with Crippen molar-refractivity contribution in [3.8, 4) is 11.3 Å². The van der Waals surface area contributed by atoms with E-state index in [1.807, 2.05) is 0 Å². The maximum atomic E-state index is 3.56. The lowest BCUT2D eigenvalue weighted by Crippen LogP contribution is -1.95. The number of H-pyrrole nitrogens is 1. The largest absolute Gasteiger partial charge is 0.355 e. The van der Waals surface area contributed by atoms with Crippen LogP contribution >= 0.6 is 0 Å². The van der Waals surface area contributed by atoms with E-state index in [4.69, 9.17) is 0 Å². The first-order valence-electron chi connectivity index (χ1n) is 9.84. The van der Waals surface area contributed by atoms with Crippen molar-refractivity contribution in [1.29, 1.82) is 0 Å². The topological polar surface area (TPSA) is 15.8 Å². The zero-order chi connectivity index (χ0) is 17.6. The second-order valence-corrected chi connectivity index (χ2v) is 7.61. The molecule has 0 radical (unpaired) electrons. The number of nitrogens with one attached hydrogen (secondary N) is 1. The van der Waals surface area contributed by atoms with Crippen LogP contribution in [0.2, 0.25) is 0 Å². The summed E-state index contributed by atoms with van der Waals surface area (Å²) in [5.41, 5.74) is 6.50. The Labute approximate surface area is 152 Å². The average molecular weight is 334 g/mol. The molecule has 0 saturated heterocycles. The van der Waals surface area contributed by atoms with E-state index in [2.05, 4.69) is 74.3 Å². The molecule has 0 aliphatic carbocycles. The molecule has 3 aromatic rings. The first kappa shape index (κ1) is 17.8. The summed E-state index contributed by atoms with van der Waals surface area (Å²) in [5.74, 6) is 0.881. The summed E-state index contributed by atoms with van der Waals surface area (Å²) >= 11 is 0. The second-order valence-electron chi connectivity index (χ2n) is 7.61. The van der Waals surface area contributed by atoms with Crippen molar-refractivity contribution >= 4 is 10.9 Å². The fourth-order valence-electron chi connectivity index (χ4n) is 3.76. The molecule has 0 fully saturated rings. The van der Waals surface area contributed by atoms with Crippen molar-refractivity contribution in [2.45, 2.75) is 59.3 Å². The summed E-state index contributed by atoms with van der Waals surface area (Å²) in [4.78, 5) is 3.56. The van der Waals surface area contributed by atoms with Crippen LogP contribution in [0.3, 0.4) is 0 Å². The lowest BCUT2D eigenvalue weighted by Gasteiger charge is -2.09. The normalized spacial score (nSPS) is 12.6. The third-order valence-corrected chi connectivity index (χ3v) is 5.21. The Hall–Kier alpha value is -2.02. The van der Waals surface area contributed by atoms with E-state index in [-0.39, 0.29) is 0 Å². The van der Waals surface area contributed by atoms with E-state index in [0.29, 0.717) is 0 Å². The van der Waals surface area contributed by atoms with Gasteiger partial charge in [-0.15, -0.1) is 0 Å². The number of benzene rings is 2. The van der Waals surface area contributed by atoms with Gasteiger partial charge in [-0.05, 0) is 61.1 Å². The fraction of sp³-hybridized carbons (Fsp3) is 0.417. The van der Waals surface area contributed by atoms with Gasteiger partial charge in [-0.25, -0.2) is 0 Å². The number of hydrogen-bond acceptors (Lipinski definition) is 0. The van der Waals surface area contributed by atoms with Crippen molar-refractivity contribution in [1.82, 2.24) is 4.98 Å². The summed E-state index contributed by atoms with van der Waals surface area (Å²) in [6.07, 6.45) is 7.88. The minimum absolute atomic E-state index is 0.881. The molecule has 1 heteroatoms. The number of aromatic nitrogens is 1. The predicted octanol–water partition coefficient (Wildman–Crippen LogP) is 7.29.